The van der Waals surface area contributed by atoms with Crippen molar-refractivity contribution < 1.29 is 9.53 Å². The largest absolute Gasteiger partial charge is 0.444 e. The zero-order valence-corrected chi connectivity index (χ0v) is 13.4. The Balaban J connectivity index is 1.66. The van der Waals surface area contributed by atoms with Gasteiger partial charge < -0.3 is 15.0 Å². The van der Waals surface area contributed by atoms with Gasteiger partial charge in [-0.2, -0.15) is 0 Å². The Morgan fingerprint density at radius 3 is 2.50 bits per heavy atom. The van der Waals surface area contributed by atoms with Crippen molar-refractivity contribution in [2.45, 2.75) is 77.5 Å². The summed E-state index contributed by atoms with van der Waals surface area (Å²) in [6.45, 7) is 9.64. The molecule has 4 heteroatoms. The second-order valence-electron chi connectivity index (χ2n) is 7.30. The van der Waals surface area contributed by atoms with Crippen LogP contribution in [0, 0.1) is 5.92 Å². The highest BCUT2D eigenvalue weighted by molar-refractivity contribution is 5.68. The molecule has 1 amide bonds. The molecule has 0 spiro atoms. The molecule has 1 aliphatic heterocycles. The number of carbonyl (C=O) groups excluding carboxylic acids is 1. The first-order valence-electron chi connectivity index (χ1n) is 8.13. The molecule has 0 aromatic heterocycles. The van der Waals surface area contributed by atoms with Crippen molar-refractivity contribution in [1.82, 2.24) is 10.2 Å². The second kappa shape index (κ2) is 6.33. The van der Waals surface area contributed by atoms with E-state index in [-0.39, 0.29) is 6.09 Å². The van der Waals surface area contributed by atoms with Gasteiger partial charge in [0.1, 0.15) is 5.60 Å². The first-order chi connectivity index (χ1) is 9.39. The SMILES string of the molecule is CCCC1CC1NC1CCN(C(=O)OC(C)(C)C)CC1. The van der Waals surface area contributed by atoms with E-state index in [1.54, 1.807) is 0 Å². The first kappa shape index (κ1) is 15.6. The molecule has 0 aromatic carbocycles. The fourth-order valence-corrected chi connectivity index (χ4v) is 3.00. The topological polar surface area (TPSA) is 41.6 Å². The van der Waals surface area contributed by atoms with E-state index in [1.807, 2.05) is 25.7 Å². The fourth-order valence-electron chi connectivity index (χ4n) is 3.00. The molecule has 1 heterocycles. The predicted molar refractivity (Wildman–Crippen MR) is 80.8 cm³/mol. The number of carbonyl (C=O) groups is 1. The molecule has 2 unspecified atom stereocenters. The third-order valence-electron chi connectivity index (χ3n) is 4.18. The lowest BCUT2D eigenvalue weighted by atomic mass is 10.1. The van der Waals surface area contributed by atoms with Gasteiger partial charge in [0.25, 0.3) is 0 Å². The first-order valence-corrected chi connectivity index (χ1v) is 8.13. The molecule has 0 aromatic rings. The van der Waals surface area contributed by atoms with E-state index in [4.69, 9.17) is 4.74 Å². The quantitative estimate of drug-likeness (QED) is 0.861. The minimum absolute atomic E-state index is 0.161. The number of amides is 1. The molecule has 2 rings (SSSR count). The van der Waals surface area contributed by atoms with Crippen molar-refractivity contribution in [1.29, 1.82) is 0 Å². The number of likely N-dealkylation sites (tertiary alicyclic amines) is 1. The van der Waals surface area contributed by atoms with E-state index in [0.717, 1.165) is 37.9 Å². The fraction of sp³-hybridized carbons (Fsp3) is 0.938. The number of ether oxygens (including phenoxy) is 1. The number of hydrogen-bond acceptors (Lipinski definition) is 3. The molecule has 0 bridgehead atoms. The maximum absolute atomic E-state index is 12.0. The van der Waals surface area contributed by atoms with Gasteiger partial charge in [-0.3, -0.25) is 0 Å². The van der Waals surface area contributed by atoms with Gasteiger partial charge in [0.2, 0.25) is 0 Å². The van der Waals surface area contributed by atoms with Gasteiger partial charge >= 0.3 is 6.09 Å². The summed E-state index contributed by atoms with van der Waals surface area (Å²) in [7, 11) is 0. The Hall–Kier alpha value is -0.770. The van der Waals surface area contributed by atoms with E-state index in [2.05, 4.69) is 12.2 Å². The number of nitrogens with zero attached hydrogens (tertiary/aromatic N) is 1. The van der Waals surface area contributed by atoms with Crippen LogP contribution in [0.3, 0.4) is 0 Å². The average Bonchev–Trinajstić information content (AvgIpc) is 3.06. The number of piperidine rings is 1. The molecule has 2 atom stereocenters. The van der Waals surface area contributed by atoms with Crippen molar-refractivity contribution >= 4 is 6.09 Å². The number of rotatable bonds is 4. The van der Waals surface area contributed by atoms with Crippen LogP contribution < -0.4 is 5.32 Å². The highest BCUT2D eigenvalue weighted by Gasteiger charge is 2.38. The van der Waals surface area contributed by atoms with Crippen molar-refractivity contribution in [3.8, 4) is 0 Å². The van der Waals surface area contributed by atoms with Crippen LogP contribution in [0.2, 0.25) is 0 Å². The molecule has 1 aliphatic carbocycles. The van der Waals surface area contributed by atoms with E-state index < -0.39 is 5.60 Å². The standard InChI is InChI=1S/C16H30N2O2/c1-5-6-12-11-14(12)17-13-7-9-18(10-8-13)15(19)20-16(2,3)4/h12-14,17H,5-11H2,1-4H3. The molecular weight excluding hydrogens is 252 g/mol. The van der Waals surface area contributed by atoms with Crippen molar-refractivity contribution in [2.24, 2.45) is 5.92 Å². The van der Waals surface area contributed by atoms with Crippen molar-refractivity contribution in [2.75, 3.05) is 13.1 Å². The highest BCUT2D eigenvalue weighted by atomic mass is 16.6. The summed E-state index contributed by atoms with van der Waals surface area (Å²) < 4.78 is 5.42. The summed E-state index contributed by atoms with van der Waals surface area (Å²) in [5.74, 6) is 0.906. The van der Waals surface area contributed by atoms with Gasteiger partial charge in [-0.15, -0.1) is 0 Å². The number of nitrogens with one attached hydrogen (secondary N) is 1. The lowest BCUT2D eigenvalue weighted by molar-refractivity contribution is 0.0198. The van der Waals surface area contributed by atoms with Gasteiger partial charge in [0.05, 0.1) is 0 Å². The molecule has 1 saturated carbocycles. The molecule has 1 saturated heterocycles. The Bertz CT molecular complexity index is 330. The van der Waals surface area contributed by atoms with Gasteiger partial charge in [0, 0.05) is 25.2 Å². The molecule has 116 valence electrons. The monoisotopic (exact) mass is 282 g/mol. The minimum atomic E-state index is -0.395. The molecule has 1 N–H and O–H groups in total. The normalized spacial score (nSPS) is 27.5. The van der Waals surface area contributed by atoms with E-state index in [9.17, 15) is 4.79 Å². The maximum atomic E-state index is 12.0. The Morgan fingerprint density at radius 2 is 1.95 bits per heavy atom. The van der Waals surface area contributed by atoms with Gasteiger partial charge in [-0.25, -0.2) is 4.79 Å². The Morgan fingerprint density at radius 1 is 1.30 bits per heavy atom. The Kier molecular flexibility index (Phi) is 4.95. The third-order valence-corrected chi connectivity index (χ3v) is 4.18. The number of hydrogen-bond donors (Lipinski definition) is 1. The van der Waals surface area contributed by atoms with Crippen molar-refractivity contribution in [3.05, 3.63) is 0 Å². The lowest BCUT2D eigenvalue weighted by Gasteiger charge is -2.34. The smallest absolute Gasteiger partial charge is 0.410 e. The van der Waals surface area contributed by atoms with Gasteiger partial charge in [0.15, 0.2) is 0 Å². The summed E-state index contributed by atoms with van der Waals surface area (Å²) in [5.41, 5.74) is -0.395. The second-order valence-corrected chi connectivity index (χ2v) is 7.30. The van der Waals surface area contributed by atoms with Crippen LogP contribution in [0.15, 0.2) is 0 Å². The summed E-state index contributed by atoms with van der Waals surface area (Å²) in [4.78, 5) is 13.8. The third kappa shape index (κ3) is 4.65. The van der Waals surface area contributed by atoms with E-state index in [0.29, 0.717) is 6.04 Å². The van der Waals surface area contributed by atoms with E-state index in [1.165, 1.54) is 19.3 Å². The van der Waals surface area contributed by atoms with Crippen molar-refractivity contribution in [3.63, 3.8) is 0 Å². The zero-order chi connectivity index (χ0) is 14.8. The summed E-state index contributed by atoms with van der Waals surface area (Å²) >= 11 is 0. The zero-order valence-electron chi connectivity index (χ0n) is 13.4. The highest BCUT2D eigenvalue weighted by Crippen LogP contribution is 2.35. The minimum Gasteiger partial charge on any atom is -0.444 e. The molecule has 0 radical (unpaired) electrons. The van der Waals surface area contributed by atoms with Crippen LogP contribution in [-0.2, 0) is 4.74 Å². The molecular formula is C16H30N2O2. The van der Waals surface area contributed by atoms with Crippen LogP contribution >= 0.6 is 0 Å². The maximum Gasteiger partial charge on any atom is 0.410 e. The van der Waals surface area contributed by atoms with E-state index >= 15 is 0 Å². The Labute approximate surface area is 123 Å². The predicted octanol–water partition coefficient (Wildman–Crippen LogP) is 3.16. The van der Waals surface area contributed by atoms with Crippen LogP contribution in [0.1, 0.15) is 59.8 Å². The summed E-state index contributed by atoms with van der Waals surface area (Å²) in [6, 6.07) is 1.33. The summed E-state index contributed by atoms with van der Waals surface area (Å²) in [6.07, 6.45) is 5.93. The molecule has 4 nitrogen and oxygen atoms in total. The average molecular weight is 282 g/mol. The van der Waals surface area contributed by atoms with Crippen LogP contribution in [0.4, 0.5) is 4.79 Å². The van der Waals surface area contributed by atoms with Gasteiger partial charge in [-0.1, -0.05) is 13.3 Å². The van der Waals surface area contributed by atoms with Crippen LogP contribution in [0.5, 0.6) is 0 Å². The van der Waals surface area contributed by atoms with Crippen LogP contribution in [-0.4, -0.2) is 41.8 Å². The van der Waals surface area contributed by atoms with Crippen LogP contribution in [0.25, 0.3) is 0 Å². The van der Waals surface area contributed by atoms with Gasteiger partial charge in [-0.05, 0) is 52.4 Å². The lowest BCUT2D eigenvalue weighted by Crippen LogP contribution is -2.47. The molecule has 2 aliphatic rings. The summed E-state index contributed by atoms with van der Waals surface area (Å²) in [5, 5.41) is 3.76. The molecule has 2 fully saturated rings. The molecule has 20 heavy (non-hydrogen) atoms.